The lowest BCUT2D eigenvalue weighted by Gasteiger charge is -2.36. The summed E-state index contributed by atoms with van der Waals surface area (Å²) >= 11 is 0. The van der Waals surface area contributed by atoms with Crippen molar-refractivity contribution in [2.24, 2.45) is 17.7 Å². The number of aromatic nitrogens is 2. The highest BCUT2D eigenvalue weighted by Crippen LogP contribution is 2.31. The molecule has 1 saturated heterocycles. The molecule has 0 radical (unpaired) electrons. The number of nitrogens with one attached hydrogen (secondary N) is 1. The molecule has 3 N–H and O–H groups in total. The van der Waals surface area contributed by atoms with Gasteiger partial charge in [0.15, 0.2) is 0 Å². The van der Waals surface area contributed by atoms with Gasteiger partial charge in [0.2, 0.25) is 5.82 Å². The van der Waals surface area contributed by atoms with E-state index in [-0.39, 0.29) is 11.6 Å². The van der Waals surface area contributed by atoms with Crippen LogP contribution in [0.2, 0.25) is 0 Å². The largest absolute Gasteiger partial charge is 0.451 e. The van der Waals surface area contributed by atoms with Crippen LogP contribution in [0.5, 0.6) is 0 Å². The van der Waals surface area contributed by atoms with Crippen LogP contribution in [0.15, 0.2) is 6.07 Å². The van der Waals surface area contributed by atoms with Crippen molar-refractivity contribution in [1.29, 1.82) is 0 Å². The molecule has 1 fully saturated rings. The van der Waals surface area contributed by atoms with Gasteiger partial charge >= 0.3 is 6.18 Å². The van der Waals surface area contributed by atoms with E-state index in [2.05, 4.69) is 29.2 Å². The predicted molar refractivity (Wildman–Crippen MR) is 70.0 cm³/mol. The van der Waals surface area contributed by atoms with Gasteiger partial charge in [-0.2, -0.15) is 13.2 Å². The third-order valence-electron chi connectivity index (χ3n) is 3.31. The van der Waals surface area contributed by atoms with E-state index in [1.807, 2.05) is 4.90 Å². The maximum Gasteiger partial charge on any atom is 0.451 e. The lowest BCUT2D eigenvalue weighted by atomic mass is 9.92. The van der Waals surface area contributed by atoms with Crippen molar-refractivity contribution >= 4 is 11.6 Å². The summed E-state index contributed by atoms with van der Waals surface area (Å²) in [6, 6.07) is 1.44. The van der Waals surface area contributed by atoms with Gasteiger partial charge in [-0.3, -0.25) is 0 Å². The normalized spacial score (nSPS) is 23.8. The summed E-state index contributed by atoms with van der Waals surface area (Å²) in [5, 5.41) is 0. The Kier molecular flexibility index (Phi) is 4.03. The zero-order valence-corrected chi connectivity index (χ0v) is 11.4. The molecule has 2 unspecified atom stereocenters. The smallest absolute Gasteiger partial charge is 0.356 e. The summed E-state index contributed by atoms with van der Waals surface area (Å²) in [5.41, 5.74) is 2.16. The maximum atomic E-state index is 12.8. The number of hydrogen-bond donors (Lipinski definition) is 2. The summed E-state index contributed by atoms with van der Waals surface area (Å²) in [5.74, 6) is 5.07. The zero-order chi connectivity index (χ0) is 14.9. The topological polar surface area (TPSA) is 67.1 Å². The molecule has 0 saturated carbocycles. The predicted octanol–water partition coefficient (Wildman–Crippen LogP) is 2.26. The van der Waals surface area contributed by atoms with Gasteiger partial charge in [0.05, 0.1) is 0 Å². The van der Waals surface area contributed by atoms with Crippen molar-refractivity contribution < 1.29 is 13.2 Å². The summed E-state index contributed by atoms with van der Waals surface area (Å²) in [6.07, 6.45) is -3.52. The number of halogens is 3. The molecule has 1 aliphatic heterocycles. The van der Waals surface area contributed by atoms with E-state index in [9.17, 15) is 13.2 Å². The Morgan fingerprint density at radius 1 is 1.25 bits per heavy atom. The Morgan fingerprint density at radius 2 is 1.85 bits per heavy atom. The van der Waals surface area contributed by atoms with Gasteiger partial charge in [0, 0.05) is 19.2 Å². The fraction of sp³-hybridized carbons (Fsp3) is 0.667. The van der Waals surface area contributed by atoms with Crippen molar-refractivity contribution in [3.63, 3.8) is 0 Å². The standard InChI is InChI=1S/C12H18F3N5/c1-7-3-8(2)6-20(5-7)10-4-9(19-16)17-11(18-10)12(13,14)15/h4,7-8H,3,5-6,16H2,1-2H3,(H,17,18,19). The van der Waals surface area contributed by atoms with Crippen LogP contribution in [0, 0.1) is 11.8 Å². The Bertz CT molecular complexity index is 467. The third-order valence-corrected chi connectivity index (χ3v) is 3.31. The molecule has 0 aliphatic carbocycles. The first-order valence-electron chi connectivity index (χ1n) is 6.47. The Balaban J connectivity index is 2.35. The van der Waals surface area contributed by atoms with E-state index >= 15 is 0 Å². The van der Waals surface area contributed by atoms with E-state index in [4.69, 9.17) is 5.84 Å². The van der Waals surface area contributed by atoms with Crippen molar-refractivity contribution in [2.45, 2.75) is 26.4 Å². The van der Waals surface area contributed by atoms with Crippen LogP contribution in [0.4, 0.5) is 24.8 Å². The minimum absolute atomic E-state index is 0.0341. The quantitative estimate of drug-likeness (QED) is 0.646. The second-order valence-electron chi connectivity index (χ2n) is 5.43. The van der Waals surface area contributed by atoms with Gasteiger partial charge in [0.1, 0.15) is 11.6 Å². The van der Waals surface area contributed by atoms with Crippen LogP contribution in [0.25, 0.3) is 0 Å². The van der Waals surface area contributed by atoms with Crippen molar-refractivity contribution in [3.8, 4) is 0 Å². The second-order valence-corrected chi connectivity index (χ2v) is 5.43. The average Bonchev–Trinajstić information content (AvgIpc) is 2.36. The molecule has 1 aliphatic rings. The summed E-state index contributed by atoms with van der Waals surface area (Å²) in [7, 11) is 0. The SMILES string of the molecule is CC1CC(C)CN(c2cc(NN)nc(C(F)(F)F)n2)C1. The van der Waals surface area contributed by atoms with Gasteiger partial charge in [-0.25, -0.2) is 15.8 Å². The Hall–Kier alpha value is -1.57. The highest BCUT2D eigenvalue weighted by atomic mass is 19.4. The van der Waals surface area contributed by atoms with Crippen molar-refractivity contribution in [1.82, 2.24) is 9.97 Å². The number of hydrazine groups is 1. The third kappa shape index (κ3) is 3.30. The molecular formula is C12H18F3N5. The van der Waals surface area contributed by atoms with E-state index in [1.54, 1.807) is 0 Å². The molecule has 2 atom stereocenters. The maximum absolute atomic E-state index is 12.8. The Morgan fingerprint density at radius 3 is 2.35 bits per heavy atom. The molecule has 1 aromatic rings. The summed E-state index contributed by atoms with van der Waals surface area (Å²) < 4.78 is 38.4. The van der Waals surface area contributed by atoms with Crippen LogP contribution in [-0.4, -0.2) is 23.1 Å². The molecule has 20 heavy (non-hydrogen) atoms. The molecule has 2 rings (SSSR count). The van der Waals surface area contributed by atoms with Crippen LogP contribution in [-0.2, 0) is 6.18 Å². The van der Waals surface area contributed by atoms with Gasteiger partial charge in [0.25, 0.3) is 0 Å². The minimum Gasteiger partial charge on any atom is -0.356 e. The summed E-state index contributed by atoms with van der Waals surface area (Å²) in [4.78, 5) is 8.85. The second kappa shape index (κ2) is 5.43. The number of piperidine rings is 1. The van der Waals surface area contributed by atoms with Crippen LogP contribution in [0.3, 0.4) is 0 Å². The van der Waals surface area contributed by atoms with Gasteiger partial charge < -0.3 is 10.3 Å². The van der Waals surface area contributed by atoms with Crippen molar-refractivity contribution in [3.05, 3.63) is 11.9 Å². The fourth-order valence-corrected chi connectivity index (χ4v) is 2.65. The molecule has 8 heteroatoms. The molecule has 0 spiro atoms. The first-order valence-corrected chi connectivity index (χ1v) is 6.47. The van der Waals surface area contributed by atoms with Gasteiger partial charge in [-0.1, -0.05) is 13.8 Å². The highest BCUT2D eigenvalue weighted by Gasteiger charge is 2.36. The first-order chi connectivity index (χ1) is 9.29. The number of alkyl halides is 3. The molecular weight excluding hydrogens is 271 g/mol. The first kappa shape index (κ1) is 14.8. The van der Waals surface area contributed by atoms with Crippen molar-refractivity contribution in [2.75, 3.05) is 23.4 Å². The zero-order valence-electron chi connectivity index (χ0n) is 11.4. The molecule has 0 bridgehead atoms. The van der Waals surface area contributed by atoms with Crippen LogP contribution >= 0.6 is 0 Å². The van der Waals surface area contributed by atoms with E-state index in [0.29, 0.717) is 24.9 Å². The molecule has 0 amide bonds. The average molecular weight is 289 g/mol. The molecule has 112 valence electrons. The molecule has 0 aromatic carbocycles. The number of anilines is 2. The van der Waals surface area contributed by atoms with E-state index in [0.717, 1.165) is 6.42 Å². The fourth-order valence-electron chi connectivity index (χ4n) is 2.65. The number of nitrogens with two attached hydrogens (primary N) is 1. The van der Waals surface area contributed by atoms with Crippen LogP contribution in [0.1, 0.15) is 26.1 Å². The number of nitrogens with zero attached hydrogens (tertiary/aromatic N) is 3. The lowest BCUT2D eigenvalue weighted by molar-refractivity contribution is -0.144. The minimum atomic E-state index is -4.59. The van der Waals surface area contributed by atoms with E-state index in [1.165, 1.54) is 6.07 Å². The van der Waals surface area contributed by atoms with E-state index < -0.39 is 12.0 Å². The van der Waals surface area contributed by atoms with Gasteiger partial charge in [-0.05, 0) is 18.3 Å². The number of nitrogen functional groups attached to an aromatic ring is 1. The highest BCUT2D eigenvalue weighted by molar-refractivity contribution is 5.49. The molecule has 5 nitrogen and oxygen atoms in total. The lowest BCUT2D eigenvalue weighted by Crippen LogP contribution is -2.39. The number of rotatable bonds is 2. The Labute approximate surface area is 115 Å². The number of hydrogen-bond acceptors (Lipinski definition) is 5. The van der Waals surface area contributed by atoms with Gasteiger partial charge in [-0.15, -0.1) is 0 Å². The summed E-state index contributed by atoms with van der Waals surface area (Å²) in [6.45, 7) is 5.53. The monoisotopic (exact) mass is 289 g/mol. The molecule has 2 heterocycles. The van der Waals surface area contributed by atoms with Crippen LogP contribution < -0.4 is 16.2 Å². The molecule has 1 aromatic heterocycles.